The Labute approximate surface area is 146 Å². The van der Waals surface area contributed by atoms with Gasteiger partial charge in [-0.1, -0.05) is 13.8 Å². The second kappa shape index (κ2) is 12.1. The van der Waals surface area contributed by atoms with Crippen molar-refractivity contribution in [1.29, 1.82) is 0 Å². The van der Waals surface area contributed by atoms with Gasteiger partial charge in [-0.05, 0) is 38.5 Å². The van der Waals surface area contributed by atoms with E-state index < -0.39 is 0 Å². The predicted molar refractivity (Wildman–Crippen MR) is 99.3 cm³/mol. The summed E-state index contributed by atoms with van der Waals surface area (Å²) in [4.78, 5) is 18.4. The van der Waals surface area contributed by atoms with Crippen LogP contribution in [-0.4, -0.2) is 49.5 Å². The maximum Gasteiger partial charge on any atom is 0.244 e. The first-order chi connectivity index (χ1) is 9.63. The number of nitrogens with one attached hydrogen (secondary N) is 2. The summed E-state index contributed by atoms with van der Waals surface area (Å²) in [6.07, 6.45) is 4.60. The molecule has 1 aliphatic heterocycles. The molecule has 0 saturated carbocycles. The van der Waals surface area contributed by atoms with Gasteiger partial charge in [0.15, 0.2) is 5.96 Å². The lowest BCUT2D eigenvalue weighted by Crippen LogP contribution is -2.40. The molecule has 0 spiro atoms. The number of carbonyl (C=O) groups is 1. The van der Waals surface area contributed by atoms with Crippen molar-refractivity contribution in [2.24, 2.45) is 10.9 Å². The Hall–Kier alpha value is -0.530. The van der Waals surface area contributed by atoms with Crippen LogP contribution in [-0.2, 0) is 4.79 Å². The number of carbonyl (C=O) groups excluding carboxylic acids is 1. The van der Waals surface area contributed by atoms with E-state index in [1.807, 2.05) is 11.8 Å². The van der Waals surface area contributed by atoms with Gasteiger partial charge in [0.2, 0.25) is 5.91 Å². The highest BCUT2D eigenvalue weighted by molar-refractivity contribution is 14.0. The summed E-state index contributed by atoms with van der Waals surface area (Å²) in [5.41, 5.74) is 0. The molecular weight excluding hydrogens is 379 g/mol. The summed E-state index contributed by atoms with van der Waals surface area (Å²) in [5, 5.41) is 6.46. The lowest BCUT2D eigenvalue weighted by atomic mass is 10.1. The number of halogens is 1. The van der Waals surface area contributed by atoms with E-state index in [4.69, 9.17) is 0 Å². The number of hydrogen-bond acceptors (Lipinski definition) is 2. The molecule has 0 radical (unpaired) electrons. The van der Waals surface area contributed by atoms with Gasteiger partial charge in [-0.3, -0.25) is 4.79 Å². The first kappa shape index (κ1) is 20.5. The van der Waals surface area contributed by atoms with E-state index in [9.17, 15) is 4.79 Å². The summed E-state index contributed by atoms with van der Waals surface area (Å²) in [5.74, 6) is 1.56. The fourth-order valence-corrected chi connectivity index (χ4v) is 2.21. The maximum atomic E-state index is 12.1. The normalized spacial score (nSPS) is 15.6. The van der Waals surface area contributed by atoms with Crippen molar-refractivity contribution in [2.45, 2.75) is 46.5 Å². The molecule has 0 atom stereocenters. The molecule has 124 valence electrons. The molecule has 1 fully saturated rings. The van der Waals surface area contributed by atoms with E-state index in [1.165, 1.54) is 6.42 Å². The fraction of sp³-hybridized carbons (Fsp3) is 0.867. The molecule has 0 aromatic carbocycles. The number of aliphatic imine (C=N–C) groups is 1. The van der Waals surface area contributed by atoms with Crippen LogP contribution >= 0.6 is 24.0 Å². The standard InChI is InChI=1S/C15H30N4O.HI/c1-4-16-15(17-9-8-13(2)3)18-12-14(20)19-10-6-5-7-11-19;/h13H,4-12H2,1-3H3,(H2,16,17,18);1H. The molecule has 5 nitrogen and oxygen atoms in total. The van der Waals surface area contributed by atoms with Gasteiger partial charge < -0.3 is 15.5 Å². The van der Waals surface area contributed by atoms with E-state index in [0.29, 0.717) is 5.92 Å². The van der Waals surface area contributed by atoms with Gasteiger partial charge in [-0.25, -0.2) is 4.99 Å². The zero-order valence-electron chi connectivity index (χ0n) is 13.7. The van der Waals surface area contributed by atoms with Crippen LogP contribution in [0.2, 0.25) is 0 Å². The minimum atomic E-state index is 0. The smallest absolute Gasteiger partial charge is 0.244 e. The number of amides is 1. The number of hydrogen-bond donors (Lipinski definition) is 2. The summed E-state index contributed by atoms with van der Waals surface area (Å²) in [6.45, 7) is 10.2. The molecule has 1 saturated heterocycles. The topological polar surface area (TPSA) is 56.7 Å². The zero-order chi connectivity index (χ0) is 14.8. The van der Waals surface area contributed by atoms with Crippen LogP contribution in [0.3, 0.4) is 0 Å². The van der Waals surface area contributed by atoms with Crippen LogP contribution in [0, 0.1) is 5.92 Å². The minimum absolute atomic E-state index is 0. The molecular formula is C15H31IN4O. The molecule has 6 heteroatoms. The van der Waals surface area contributed by atoms with Crippen LogP contribution in [0.5, 0.6) is 0 Å². The molecule has 2 N–H and O–H groups in total. The van der Waals surface area contributed by atoms with Gasteiger partial charge in [-0.15, -0.1) is 24.0 Å². The van der Waals surface area contributed by atoms with Crippen molar-refractivity contribution in [2.75, 3.05) is 32.7 Å². The first-order valence-electron chi connectivity index (χ1n) is 7.93. The number of likely N-dealkylation sites (tertiary alicyclic amines) is 1. The summed E-state index contributed by atoms with van der Waals surface area (Å²) >= 11 is 0. The Morgan fingerprint density at radius 2 is 1.86 bits per heavy atom. The molecule has 0 aromatic heterocycles. The molecule has 0 bridgehead atoms. The molecule has 21 heavy (non-hydrogen) atoms. The average Bonchev–Trinajstić information content (AvgIpc) is 2.45. The fourth-order valence-electron chi connectivity index (χ4n) is 2.21. The lowest BCUT2D eigenvalue weighted by molar-refractivity contribution is -0.130. The third-order valence-corrected chi connectivity index (χ3v) is 3.44. The molecule has 1 aliphatic rings. The monoisotopic (exact) mass is 410 g/mol. The van der Waals surface area contributed by atoms with E-state index in [1.54, 1.807) is 0 Å². The van der Waals surface area contributed by atoms with Crippen LogP contribution in [0.25, 0.3) is 0 Å². The van der Waals surface area contributed by atoms with Crippen molar-refractivity contribution in [3.8, 4) is 0 Å². The molecule has 1 heterocycles. The summed E-state index contributed by atoms with van der Waals surface area (Å²) in [6, 6.07) is 0. The van der Waals surface area contributed by atoms with E-state index in [2.05, 4.69) is 29.5 Å². The summed E-state index contributed by atoms with van der Waals surface area (Å²) < 4.78 is 0. The second-order valence-electron chi connectivity index (χ2n) is 5.75. The van der Waals surface area contributed by atoms with E-state index in [-0.39, 0.29) is 36.4 Å². The Morgan fingerprint density at radius 1 is 1.19 bits per heavy atom. The number of nitrogens with zero attached hydrogens (tertiary/aromatic N) is 2. The van der Waals surface area contributed by atoms with Crippen molar-refractivity contribution < 1.29 is 4.79 Å². The third kappa shape index (κ3) is 9.16. The minimum Gasteiger partial charge on any atom is -0.357 e. The van der Waals surface area contributed by atoms with Crippen molar-refractivity contribution in [1.82, 2.24) is 15.5 Å². The van der Waals surface area contributed by atoms with Crippen LogP contribution in [0.1, 0.15) is 46.5 Å². The van der Waals surface area contributed by atoms with E-state index >= 15 is 0 Å². The highest BCUT2D eigenvalue weighted by atomic mass is 127. The molecule has 0 aromatic rings. The molecule has 1 rings (SSSR count). The lowest BCUT2D eigenvalue weighted by Gasteiger charge is -2.26. The first-order valence-corrected chi connectivity index (χ1v) is 7.93. The van der Waals surface area contributed by atoms with Gasteiger partial charge in [-0.2, -0.15) is 0 Å². The highest BCUT2D eigenvalue weighted by Gasteiger charge is 2.15. The SMILES string of the molecule is CCNC(=NCC(=O)N1CCCCC1)NCCC(C)C.I. The number of piperidine rings is 1. The van der Waals surface area contributed by atoms with Gasteiger partial charge in [0.25, 0.3) is 0 Å². The maximum absolute atomic E-state index is 12.1. The third-order valence-electron chi connectivity index (χ3n) is 3.44. The molecule has 0 aliphatic carbocycles. The predicted octanol–water partition coefficient (Wildman–Crippen LogP) is 2.22. The van der Waals surface area contributed by atoms with E-state index in [0.717, 1.165) is 51.4 Å². The molecule has 0 unspecified atom stereocenters. The van der Waals surface area contributed by atoms with Crippen molar-refractivity contribution in [3.63, 3.8) is 0 Å². The van der Waals surface area contributed by atoms with Crippen LogP contribution in [0.15, 0.2) is 4.99 Å². The average molecular weight is 410 g/mol. The van der Waals surface area contributed by atoms with Crippen LogP contribution in [0.4, 0.5) is 0 Å². The van der Waals surface area contributed by atoms with Crippen LogP contribution < -0.4 is 10.6 Å². The number of rotatable bonds is 6. The van der Waals surface area contributed by atoms with Gasteiger partial charge in [0, 0.05) is 26.2 Å². The second-order valence-corrected chi connectivity index (χ2v) is 5.75. The van der Waals surface area contributed by atoms with Gasteiger partial charge in [0.05, 0.1) is 0 Å². The Bertz CT molecular complexity index is 315. The summed E-state index contributed by atoms with van der Waals surface area (Å²) in [7, 11) is 0. The van der Waals surface area contributed by atoms with Gasteiger partial charge >= 0.3 is 0 Å². The number of guanidine groups is 1. The Kier molecular flexibility index (Phi) is 11.8. The highest BCUT2D eigenvalue weighted by Crippen LogP contribution is 2.08. The Morgan fingerprint density at radius 3 is 2.43 bits per heavy atom. The largest absolute Gasteiger partial charge is 0.357 e. The van der Waals surface area contributed by atoms with Crippen molar-refractivity contribution in [3.05, 3.63) is 0 Å². The Balaban J connectivity index is 0.00000400. The molecule has 1 amide bonds. The van der Waals surface area contributed by atoms with Gasteiger partial charge in [0.1, 0.15) is 6.54 Å². The van der Waals surface area contributed by atoms with Crippen molar-refractivity contribution >= 4 is 35.8 Å². The quantitative estimate of drug-likeness (QED) is 0.401. The zero-order valence-corrected chi connectivity index (χ0v) is 16.0.